The first kappa shape index (κ1) is 16.2. The van der Waals surface area contributed by atoms with E-state index in [0.29, 0.717) is 33.8 Å². The lowest BCUT2D eigenvalue weighted by Crippen LogP contribution is -2.09. The number of hydrogen-bond donors (Lipinski definition) is 3. The van der Waals surface area contributed by atoms with Gasteiger partial charge in [0.1, 0.15) is 17.8 Å². The van der Waals surface area contributed by atoms with Gasteiger partial charge in [0.2, 0.25) is 0 Å². The SMILES string of the molecule is CCCCNc1ncnc(Nc2cc(Cl)ccc2OC)c1N. The molecule has 118 valence electrons. The normalized spacial score (nSPS) is 10.3. The fourth-order valence-electron chi connectivity index (χ4n) is 1.93. The summed E-state index contributed by atoms with van der Waals surface area (Å²) in [6.45, 7) is 2.95. The van der Waals surface area contributed by atoms with Crippen LogP contribution in [0.25, 0.3) is 0 Å². The Morgan fingerprint density at radius 2 is 2.05 bits per heavy atom. The van der Waals surface area contributed by atoms with Gasteiger partial charge in [0, 0.05) is 11.6 Å². The number of nitrogens with zero attached hydrogens (tertiary/aromatic N) is 2. The molecule has 0 aliphatic carbocycles. The lowest BCUT2D eigenvalue weighted by atomic mass is 10.3. The molecule has 0 saturated carbocycles. The molecule has 0 aliphatic heterocycles. The summed E-state index contributed by atoms with van der Waals surface area (Å²) in [5, 5.41) is 6.94. The monoisotopic (exact) mass is 321 g/mol. The van der Waals surface area contributed by atoms with E-state index in [1.54, 1.807) is 25.3 Å². The van der Waals surface area contributed by atoms with Gasteiger partial charge in [0.05, 0.1) is 12.8 Å². The van der Waals surface area contributed by atoms with Crippen molar-refractivity contribution in [2.24, 2.45) is 0 Å². The average molecular weight is 322 g/mol. The van der Waals surface area contributed by atoms with Crippen LogP contribution in [-0.2, 0) is 0 Å². The molecule has 0 fully saturated rings. The summed E-state index contributed by atoms with van der Waals surface area (Å²) in [6, 6.07) is 5.29. The number of benzene rings is 1. The molecule has 4 N–H and O–H groups in total. The van der Waals surface area contributed by atoms with Gasteiger partial charge in [-0.05, 0) is 24.6 Å². The second kappa shape index (κ2) is 7.70. The molecule has 0 radical (unpaired) electrons. The maximum atomic E-state index is 6.12. The van der Waals surface area contributed by atoms with Gasteiger partial charge < -0.3 is 21.1 Å². The molecule has 7 heteroatoms. The van der Waals surface area contributed by atoms with E-state index in [4.69, 9.17) is 22.1 Å². The first-order valence-corrected chi connectivity index (χ1v) is 7.48. The number of rotatable bonds is 7. The second-order valence-corrected chi connectivity index (χ2v) is 5.17. The third-order valence-electron chi connectivity index (χ3n) is 3.12. The predicted molar refractivity (Wildman–Crippen MR) is 91.1 cm³/mol. The Balaban J connectivity index is 2.23. The largest absolute Gasteiger partial charge is 0.495 e. The summed E-state index contributed by atoms with van der Waals surface area (Å²) in [7, 11) is 1.59. The number of hydrogen-bond acceptors (Lipinski definition) is 6. The highest BCUT2D eigenvalue weighted by molar-refractivity contribution is 6.31. The number of methoxy groups -OCH3 is 1. The zero-order chi connectivity index (χ0) is 15.9. The van der Waals surface area contributed by atoms with Crippen molar-refractivity contribution in [1.82, 2.24) is 9.97 Å². The number of nitrogens with two attached hydrogens (primary N) is 1. The van der Waals surface area contributed by atoms with Gasteiger partial charge >= 0.3 is 0 Å². The van der Waals surface area contributed by atoms with E-state index >= 15 is 0 Å². The van der Waals surface area contributed by atoms with Crippen LogP contribution in [-0.4, -0.2) is 23.6 Å². The highest BCUT2D eigenvalue weighted by Crippen LogP contribution is 2.32. The number of unbranched alkanes of at least 4 members (excludes halogenated alkanes) is 1. The Kier molecular flexibility index (Phi) is 5.66. The molecule has 0 unspecified atom stereocenters. The van der Waals surface area contributed by atoms with Crippen LogP contribution < -0.4 is 21.1 Å². The number of anilines is 4. The Bertz CT molecular complexity index is 635. The van der Waals surface area contributed by atoms with Crippen molar-refractivity contribution in [2.45, 2.75) is 19.8 Å². The Labute approximate surface area is 135 Å². The number of halogens is 1. The van der Waals surface area contributed by atoms with Gasteiger partial charge in [0.15, 0.2) is 11.6 Å². The molecule has 0 amide bonds. The van der Waals surface area contributed by atoms with Crippen LogP contribution in [0.2, 0.25) is 5.02 Å². The quantitative estimate of drug-likeness (QED) is 0.675. The van der Waals surface area contributed by atoms with E-state index < -0.39 is 0 Å². The van der Waals surface area contributed by atoms with Gasteiger partial charge in [-0.15, -0.1) is 0 Å². The van der Waals surface area contributed by atoms with Gasteiger partial charge in [-0.2, -0.15) is 0 Å². The predicted octanol–water partition coefficient (Wildman–Crippen LogP) is 3.68. The van der Waals surface area contributed by atoms with Crippen LogP contribution in [0.1, 0.15) is 19.8 Å². The lowest BCUT2D eigenvalue weighted by molar-refractivity contribution is 0.417. The summed E-state index contributed by atoms with van der Waals surface area (Å²) < 4.78 is 5.30. The number of ether oxygens (including phenoxy) is 1. The van der Waals surface area contributed by atoms with Crippen molar-refractivity contribution in [3.8, 4) is 5.75 Å². The number of aromatic nitrogens is 2. The van der Waals surface area contributed by atoms with Gasteiger partial charge in [0.25, 0.3) is 0 Å². The molecule has 22 heavy (non-hydrogen) atoms. The average Bonchev–Trinajstić information content (AvgIpc) is 2.51. The smallest absolute Gasteiger partial charge is 0.159 e. The Morgan fingerprint density at radius 3 is 2.77 bits per heavy atom. The van der Waals surface area contributed by atoms with Crippen LogP contribution >= 0.6 is 11.6 Å². The van der Waals surface area contributed by atoms with E-state index in [2.05, 4.69) is 27.5 Å². The summed E-state index contributed by atoms with van der Waals surface area (Å²) >= 11 is 6.02. The molecule has 0 bridgehead atoms. The molecule has 0 spiro atoms. The molecule has 1 aromatic carbocycles. The molecule has 2 rings (SSSR count). The highest BCUT2D eigenvalue weighted by Gasteiger charge is 2.11. The fraction of sp³-hybridized carbons (Fsp3) is 0.333. The Hall–Kier alpha value is -2.21. The first-order valence-electron chi connectivity index (χ1n) is 7.10. The number of nitrogen functional groups attached to an aromatic ring is 1. The van der Waals surface area contributed by atoms with Crippen molar-refractivity contribution in [3.05, 3.63) is 29.5 Å². The van der Waals surface area contributed by atoms with Crippen LogP contribution in [0.15, 0.2) is 24.5 Å². The number of nitrogens with one attached hydrogen (secondary N) is 2. The van der Waals surface area contributed by atoms with Crippen LogP contribution in [0.4, 0.5) is 23.0 Å². The Morgan fingerprint density at radius 1 is 1.27 bits per heavy atom. The topological polar surface area (TPSA) is 85.1 Å². The van der Waals surface area contributed by atoms with Crippen molar-refractivity contribution >= 4 is 34.6 Å². The summed E-state index contributed by atoms with van der Waals surface area (Å²) in [5.41, 5.74) is 7.27. The maximum absolute atomic E-state index is 6.12. The second-order valence-electron chi connectivity index (χ2n) is 4.73. The van der Waals surface area contributed by atoms with Crippen molar-refractivity contribution < 1.29 is 4.74 Å². The lowest BCUT2D eigenvalue weighted by Gasteiger charge is -2.14. The molecular weight excluding hydrogens is 302 g/mol. The molecule has 6 nitrogen and oxygen atoms in total. The minimum absolute atomic E-state index is 0.459. The van der Waals surface area contributed by atoms with Crippen molar-refractivity contribution in [1.29, 1.82) is 0 Å². The van der Waals surface area contributed by atoms with Gasteiger partial charge in [-0.25, -0.2) is 9.97 Å². The molecule has 1 aromatic heterocycles. The maximum Gasteiger partial charge on any atom is 0.159 e. The van der Waals surface area contributed by atoms with Crippen LogP contribution in [0, 0.1) is 0 Å². The molecular formula is C15H20ClN5O. The first-order chi connectivity index (χ1) is 10.7. The van der Waals surface area contributed by atoms with E-state index in [-0.39, 0.29) is 0 Å². The van der Waals surface area contributed by atoms with Crippen molar-refractivity contribution in [2.75, 3.05) is 30.0 Å². The summed E-state index contributed by atoms with van der Waals surface area (Å²) in [4.78, 5) is 8.35. The van der Waals surface area contributed by atoms with Crippen LogP contribution in [0.3, 0.4) is 0 Å². The molecule has 2 aromatic rings. The minimum atomic E-state index is 0.459. The third kappa shape index (κ3) is 3.92. The molecule has 0 atom stereocenters. The van der Waals surface area contributed by atoms with Crippen molar-refractivity contribution in [3.63, 3.8) is 0 Å². The third-order valence-corrected chi connectivity index (χ3v) is 3.36. The zero-order valence-electron chi connectivity index (χ0n) is 12.7. The molecule has 1 heterocycles. The zero-order valence-corrected chi connectivity index (χ0v) is 13.4. The highest BCUT2D eigenvalue weighted by atomic mass is 35.5. The van der Waals surface area contributed by atoms with E-state index in [0.717, 1.165) is 19.4 Å². The van der Waals surface area contributed by atoms with E-state index in [1.165, 1.54) is 6.33 Å². The van der Waals surface area contributed by atoms with Gasteiger partial charge in [-0.1, -0.05) is 24.9 Å². The van der Waals surface area contributed by atoms with Gasteiger partial charge in [-0.3, -0.25) is 0 Å². The van der Waals surface area contributed by atoms with Crippen LogP contribution in [0.5, 0.6) is 5.75 Å². The van der Waals surface area contributed by atoms with E-state index in [9.17, 15) is 0 Å². The summed E-state index contributed by atoms with van der Waals surface area (Å²) in [5.74, 6) is 1.78. The summed E-state index contributed by atoms with van der Waals surface area (Å²) in [6.07, 6.45) is 3.61. The standard InChI is InChI=1S/C15H20ClN5O/c1-3-4-7-18-14-13(17)15(20-9-19-14)21-11-8-10(16)5-6-12(11)22-2/h5-6,8-9H,3-4,7,17H2,1-2H3,(H2,18,19,20,21). The molecule has 0 aliphatic rings. The minimum Gasteiger partial charge on any atom is -0.495 e. The molecule has 0 saturated heterocycles. The fourth-order valence-corrected chi connectivity index (χ4v) is 2.10. The van der Waals surface area contributed by atoms with E-state index in [1.807, 2.05) is 0 Å².